The summed E-state index contributed by atoms with van der Waals surface area (Å²) in [5.41, 5.74) is 0.678. The predicted molar refractivity (Wildman–Crippen MR) is 56.7 cm³/mol. The molecule has 0 amide bonds. The molecule has 0 heterocycles. The van der Waals surface area contributed by atoms with Gasteiger partial charge in [0.2, 0.25) is 0 Å². The molecule has 0 fully saturated rings. The summed E-state index contributed by atoms with van der Waals surface area (Å²) >= 11 is 0. The Hall–Kier alpha value is -2.13. The van der Waals surface area contributed by atoms with Crippen molar-refractivity contribution in [3.05, 3.63) is 23.8 Å². The second-order valence-corrected chi connectivity index (χ2v) is 2.67. The van der Waals surface area contributed by atoms with Gasteiger partial charge in [-0.2, -0.15) is 5.26 Å². The number of hydrogen-bond donors (Lipinski definition) is 0. The topological polar surface area (TPSA) is 42.2 Å². The van der Waals surface area contributed by atoms with Crippen LogP contribution in [0.1, 0.15) is 12.0 Å². The van der Waals surface area contributed by atoms with Crippen molar-refractivity contribution in [3.8, 4) is 29.4 Å². The first kappa shape index (κ1) is 10.9. The smallest absolute Gasteiger partial charge is 0.138 e. The Balaban J connectivity index is 3.13. The fourth-order valence-electron chi connectivity index (χ4n) is 1.15. The second kappa shape index (κ2) is 5.57. The van der Waals surface area contributed by atoms with Gasteiger partial charge in [0.1, 0.15) is 17.1 Å². The van der Waals surface area contributed by atoms with Gasteiger partial charge in [-0.3, -0.25) is 0 Å². The SMILES string of the molecule is COc1cccc(OC)c1C#CCC#N. The minimum absolute atomic E-state index is 0.196. The number of methoxy groups -OCH3 is 2. The van der Waals surface area contributed by atoms with Crippen LogP contribution in [0.2, 0.25) is 0 Å². The fourth-order valence-corrected chi connectivity index (χ4v) is 1.15. The molecular formula is C12H11NO2. The van der Waals surface area contributed by atoms with Crippen LogP contribution in [0.15, 0.2) is 18.2 Å². The molecule has 3 heteroatoms. The zero-order valence-electron chi connectivity index (χ0n) is 8.70. The molecule has 0 aliphatic carbocycles. The molecule has 0 saturated carbocycles. The maximum Gasteiger partial charge on any atom is 0.138 e. The highest BCUT2D eigenvalue weighted by atomic mass is 16.5. The average molecular weight is 201 g/mol. The van der Waals surface area contributed by atoms with Crippen molar-refractivity contribution in [2.45, 2.75) is 6.42 Å². The molecule has 0 unspecified atom stereocenters. The summed E-state index contributed by atoms with van der Waals surface area (Å²) in [6.07, 6.45) is 0.196. The fraction of sp³-hybridized carbons (Fsp3) is 0.250. The van der Waals surface area contributed by atoms with Crippen LogP contribution < -0.4 is 9.47 Å². The van der Waals surface area contributed by atoms with Crippen molar-refractivity contribution in [3.63, 3.8) is 0 Å². The van der Waals surface area contributed by atoms with E-state index in [9.17, 15) is 0 Å². The molecule has 1 aromatic carbocycles. The van der Waals surface area contributed by atoms with E-state index in [1.807, 2.05) is 12.1 Å². The van der Waals surface area contributed by atoms with Gasteiger partial charge in [0.05, 0.1) is 26.7 Å². The summed E-state index contributed by atoms with van der Waals surface area (Å²) in [5.74, 6) is 6.90. The van der Waals surface area contributed by atoms with Gasteiger partial charge in [-0.25, -0.2) is 0 Å². The molecule has 0 atom stereocenters. The lowest BCUT2D eigenvalue weighted by atomic mass is 10.1. The van der Waals surface area contributed by atoms with E-state index in [1.54, 1.807) is 26.4 Å². The normalized spacial score (nSPS) is 8.33. The van der Waals surface area contributed by atoms with Gasteiger partial charge in [0.15, 0.2) is 0 Å². The Morgan fingerprint density at radius 1 is 1.20 bits per heavy atom. The molecule has 0 aromatic heterocycles. The highest BCUT2D eigenvalue weighted by Gasteiger charge is 2.05. The van der Waals surface area contributed by atoms with E-state index in [2.05, 4.69) is 11.8 Å². The highest BCUT2D eigenvalue weighted by molar-refractivity contribution is 5.55. The van der Waals surface area contributed by atoms with Crippen LogP contribution in [0.5, 0.6) is 11.5 Å². The maximum atomic E-state index is 8.38. The Bertz CT molecular complexity index is 413. The third-order valence-electron chi connectivity index (χ3n) is 1.81. The Morgan fingerprint density at radius 3 is 2.27 bits per heavy atom. The lowest BCUT2D eigenvalue weighted by Gasteiger charge is -2.07. The van der Waals surface area contributed by atoms with Gasteiger partial charge in [0.25, 0.3) is 0 Å². The van der Waals surface area contributed by atoms with E-state index in [1.165, 1.54) is 0 Å². The van der Waals surface area contributed by atoms with E-state index in [-0.39, 0.29) is 6.42 Å². The largest absolute Gasteiger partial charge is 0.495 e. The summed E-state index contributed by atoms with van der Waals surface area (Å²) in [5, 5.41) is 8.38. The quantitative estimate of drug-likeness (QED) is 0.687. The molecule has 3 nitrogen and oxygen atoms in total. The monoisotopic (exact) mass is 201 g/mol. The zero-order chi connectivity index (χ0) is 11.1. The lowest BCUT2D eigenvalue weighted by Crippen LogP contribution is -1.92. The molecule has 15 heavy (non-hydrogen) atoms. The molecule has 0 aliphatic heterocycles. The van der Waals surface area contributed by atoms with Gasteiger partial charge >= 0.3 is 0 Å². The number of hydrogen-bond acceptors (Lipinski definition) is 3. The standard InChI is InChI=1S/C12H11NO2/c1-14-11-7-5-8-12(15-2)10(11)6-3-4-9-13/h5,7-8H,4H2,1-2H3. The van der Waals surface area contributed by atoms with Gasteiger partial charge in [-0.1, -0.05) is 17.9 Å². The van der Waals surface area contributed by atoms with E-state index >= 15 is 0 Å². The van der Waals surface area contributed by atoms with E-state index in [4.69, 9.17) is 14.7 Å². The van der Waals surface area contributed by atoms with E-state index in [0.717, 1.165) is 0 Å². The zero-order valence-corrected chi connectivity index (χ0v) is 8.70. The second-order valence-electron chi connectivity index (χ2n) is 2.67. The predicted octanol–water partition coefficient (Wildman–Crippen LogP) is 1.97. The van der Waals surface area contributed by atoms with Crippen LogP contribution in [-0.4, -0.2) is 14.2 Å². The van der Waals surface area contributed by atoms with Crippen LogP contribution in [0, 0.1) is 23.2 Å². The maximum absolute atomic E-state index is 8.38. The molecular weight excluding hydrogens is 190 g/mol. The van der Waals surface area contributed by atoms with Crippen molar-refractivity contribution < 1.29 is 9.47 Å². The molecule has 0 saturated heterocycles. The van der Waals surface area contributed by atoms with Gasteiger partial charge in [-0.05, 0) is 12.1 Å². The molecule has 76 valence electrons. The molecule has 0 N–H and O–H groups in total. The van der Waals surface area contributed by atoms with E-state index in [0.29, 0.717) is 17.1 Å². The molecule has 1 aromatic rings. The van der Waals surface area contributed by atoms with Crippen molar-refractivity contribution in [1.82, 2.24) is 0 Å². The van der Waals surface area contributed by atoms with Crippen molar-refractivity contribution in [2.24, 2.45) is 0 Å². The molecule has 1 rings (SSSR count). The van der Waals surface area contributed by atoms with Crippen LogP contribution in [0.3, 0.4) is 0 Å². The Kier molecular flexibility index (Phi) is 4.06. The van der Waals surface area contributed by atoms with Crippen LogP contribution in [0.25, 0.3) is 0 Å². The summed E-state index contributed by atoms with van der Waals surface area (Å²) in [4.78, 5) is 0. The van der Waals surface area contributed by atoms with Crippen LogP contribution >= 0.6 is 0 Å². The van der Waals surface area contributed by atoms with Crippen molar-refractivity contribution in [1.29, 1.82) is 5.26 Å². The molecule has 0 bridgehead atoms. The summed E-state index contributed by atoms with van der Waals surface area (Å²) in [7, 11) is 3.15. The van der Waals surface area contributed by atoms with Crippen LogP contribution in [0.4, 0.5) is 0 Å². The minimum atomic E-state index is 0.196. The number of benzene rings is 1. The Morgan fingerprint density at radius 2 is 1.80 bits per heavy atom. The number of rotatable bonds is 2. The van der Waals surface area contributed by atoms with Gasteiger partial charge in [0, 0.05) is 0 Å². The number of nitriles is 1. The summed E-state index contributed by atoms with van der Waals surface area (Å²) in [6.45, 7) is 0. The van der Waals surface area contributed by atoms with Gasteiger partial charge in [-0.15, -0.1) is 0 Å². The molecule has 0 aliphatic rings. The first-order valence-corrected chi connectivity index (χ1v) is 4.40. The summed E-state index contributed by atoms with van der Waals surface area (Å²) in [6, 6.07) is 7.39. The van der Waals surface area contributed by atoms with Crippen molar-refractivity contribution in [2.75, 3.05) is 14.2 Å². The summed E-state index contributed by atoms with van der Waals surface area (Å²) < 4.78 is 10.3. The number of nitrogens with zero attached hydrogens (tertiary/aromatic N) is 1. The van der Waals surface area contributed by atoms with Crippen molar-refractivity contribution >= 4 is 0 Å². The average Bonchev–Trinajstić information content (AvgIpc) is 2.29. The first-order chi connectivity index (χ1) is 7.33. The third-order valence-corrected chi connectivity index (χ3v) is 1.81. The highest BCUT2D eigenvalue weighted by Crippen LogP contribution is 2.26. The third kappa shape index (κ3) is 2.65. The molecule has 0 spiro atoms. The van der Waals surface area contributed by atoms with Crippen LogP contribution in [-0.2, 0) is 0 Å². The lowest BCUT2D eigenvalue weighted by molar-refractivity contribution is 0.392. The van der Waals surface area contributed by atoms with Gasteiger partial charge < -0.3 is 9.47 Å². The molecule has 0 radical (unpaired) electrons. The number of ether oxygens (including phenoxy) is 2. The first-order valence-electron chi connectivity index (χ1n) is 4.40. The van der Waals surface area contributed by atoms with E-state index < -0.39 is 0 Å². The Labute approximate surface area is 89.2 Å². The minimum Gasteiger partial charge on any atom is -0.495 e.